The van der Waals surface area contributed by atoms with Crippen LogP contribution in [0.2, 0.25) is 0 Å². The second-order valence-electron chi connectivity index (χ2n) is 7.66. The molecule has 6 heteroatoms. The van der Waals surface area contributed by atoms with Crippen LogP contribution in [0, 0.1) is 0 Å². The average Bonchev–Trinajstić information content (AvgIpc) is 2.78. The largest absolute Gasteiger partial charge is 0.491 e. The molecule has 0 amide bonds. The van der Waals surface area contributed by atoms with Crippen molar-refractivity contribution in [3.63, 3.8) is 0 Å². The van der Waals surface area contributed by atoms with Gasteiger partial charge in [-0.15, -0.1) is 0 Å². The molecule has 0 radical (unpaired) electrons. The number of rotatable bonds is 7. The summed E-state index contributed by atoms with van der Waals surface area (Å²) in [6.45, 7) is 9.88. The molecule has 0 unspecified atom stereocenters. The van der Waals surface area contributed by atoms with E-state index < -0.39 is 18.3 Å². The fourth-order valence-corrected chi connectivity index (χ4v) is 3.22. The van der Waals surface area contributed by atoms with Crippen LogP contribution in [-0.4, -0.2) is 40.9 Å². The second kappa shape index (κ2) is 8.74. The highest BCUT2D eigenvalue weighted by Crippen LogP contribution is 2.39. The topological polar surface area (TPSA) is 55.8 Å². The number of benzene rings is 1. The van der Waals surface area contributed by atoms with Crippen LogP contribution < -0.4 is 0 Å². The molecule has 0 atom stereocenters. The molecule has 0 spiro atoms. The Balaban J connectivity index is 2.21. The Morgan fingerprint density at radius 3 is 2.23 bits per heavy atom. The van der Waals surface area contributed by atoms with Gasteiger partial charge in [-0.3, -0.25) is 4.79 Å². The molecule has 1 saturated heterocycles. The molecular weight excluding hydrogens is 347 g/mol. The molecule has 0 bridgehead atoms. The first kappa shape index (κ1) is 21.2. The van der Waals surface area contributed by atoms with Gasteiger partial charge in [-0.2, -0.15) is 0 Å². The van der Waals surface area contributed by atoms with Crippen molar-refractivity contribution in [3.05, 3.63) is 40.9 Å². The van der Waals surface area contributed by atoms with Crippen molar-refractivity contribution in [1.29, 1.82) is 0 Å². The smallest absolute Gasteiger partial charge is 0.400 e. The lowest BCUT2D eigenvalue weighted by molar-refractivity contribution is -0.109. The van der Waals surface area contributed by atoms with Gasteiger partial charge in [0.05, 0.1) is 11.2 Å². The molecule has 0 aliphatic carbocycles. The van der Waals surface area contributed by atoms with E-state index in [-0.39, 0.29) is 11.7 Å². The van der Waals surface area contributed by atoms with Gasteiger partial charge < -0.3 is 14.4 Å². The summed E-state index contributed by atoms with van der Waals surface area (Å²) in [6.07, 6.45) is 3.68. The van der Waals surface area contributed by atoms with Crippen LogP contribution in [0.25, 0.3) is 6.08 Å². The summed E-state index contributed by atoms with van der Waals surface area (Å²) in [7, 11) is -0.457. The molecule has 1 aromatic carbocycles. The third-order valence-corrected chi connectivity index (χ3v) is 5.84. The summed E-state index contributed by atoms with van der Waals surface area (Å²) in [5.41, 5.74) is 2.38. The maximum absolute atomic E-state index is 11.4. The summed E-state index contributed by atoms with van der Waals surface area (Å²) >= 11 is 1.27. The van der Waals surface area contributed by atoms with Crippen LogP contribution in [0.1, 0.15) is 52.2 Å². The highest BCUT2D eigenvalue weighted by atomic mass is 32.2. The number of aryl methyl sites for hydroxylation is 1. The van der Waals surface area contributed by atoms with Gasteiger partial charge in [0.2, 0.25) is 0 Å². The molecule has 0 aromatic heterocycles. The molecular formula is C20H29BO4S. The minimum absolute atomic E-state index is 0.0757. The molecule has 0 saturated carbocycles. The molecule has 2 rings (SSSR count). The standard InChI is InChI=1S/C20H29BO4S/c1-15(23)26-14-18(21-24-19(2,3)20(4,5)25-21)13-17-10-8-16(9-11-17)7-6-12-22/h8-11,13,22H,6-7,12,14H2,1-5H3. The van der Waals surface area contributed by atoms with E-state index in [0.29, 0.717) is 5.75 Å². The highest BCUT2D eigenvalue weighted by molar-refractivity contribution is 8.13. The lowest BCUT2D eigenvalue weighted by Crippen LogP contribution is -2.41. The van der Waals surface area contributed by atoms with Gasteiger partial charge in [-0.25, -0.2) is 0 Å². The second-order valence-corrected chi connectivity index (χ2v) is 8.81. The third kappa shape index (κ3) is 5.46. The van der Waals surface area contributed by atoms with E-state index in [1.54, 1.807) is 6.92 Å². The molecule has 1 fully saturated rings. The minimum atomic E-state index is -0.457. The Morgan fingerprint density at radius 2 is 1.73 bits per heavy atom. The molecule has 1 aliphatic rings. The normalized spacial score (nSPS) is 19.0. The summed E-state index contributed by atoms with van der Waals surface area (Å²) in [5, 5.41) is 9.02. The number of thioether (sulfide) groups is 1. The SMILES string of the molecule is CC(=O)SCC(=Cc1ccc(CCCO)cc1)B1OC(C)(C)C(C)(C)O1. The molecule has 1 aliphatic heterocycles. The predicted octanol–water partition coefficient (Wildman–Crippen LogP) is 3.91. The van der Waals surface area contributed by atoms with Crippen molar-refractivity contribution in [3.8, 4) is 0 Å². The summed E-state index contributed by atoms with van der Waals surface area (Å²) in [6, 6.07) is 8.25. The van der Waals surface area contributed by atoms with Crippen molar-refractivity contribution in [2.75, 3.05) is 12.4 Å². The van der Waals surface area contributed by atoms with Crippen LogP contribution >= 0.6 is 11.8 Å². The van der Waals surface area contributed by atoms with E-state index in [1.165, 1.54) is 17.3 Å². The molecule has 1 N–H and O–H groups in total. The van der Waals surface area contributed by atoms with E-state index in [0.717, 1.165) is 23.9 Å². The van der Waals surface area contributed by atoms with Gasteiger partial charge in [0, 0.05) is 19.3 Å². The zero-order valence-corrected chi connectivity index (χ0v) is 17.2. The maximum atomic E-state index is 11.4. The van der Waals surface area contributed by atoms with E-state index >= 15 is 0 Å². The molecule has 4 nitrogen and oxygen atoms in total. The highest BCUT2D eigenvalue weighted by Gasteiger charge is 2.52. The van der Waals surface area contributed by atoms with E-state index in [4.69, 9.17) is 14.4 Å². The van der Waals surface area contributed by atoms with Gasteiger partial charge >= 0.3 is 7.12 Å². The summed E-state index contributed by atoms with van der Waals surface area (Å²) in [5.74, 6) is 0.540. The Kier molecular flexibility index (Phi) is 7.14. The predicted molar refractivity (Wildman–Crippen MR) is 109 cm³/mol. The monoisotopic (exact) mass is 376 g/mol. The van der Waals surface area contributed by atoms with E-state index in [2.05, 4.69) is 24.3 Å². The van der Waals surface area contributed by atoms with Gasteiger partial charge in [0.15, 0.2) is 5.12 Å². The first-order chi connectivity index (χ1) is 12.1. The zero-order chi connectivity index (χ0) is 19.4. The zero-order valence-electron chi connectivity index (χ0n) is 16.4. The lowest BCUT2D eigenvalue weighted by Gasteiger charge is -2.32. The number of hydrogen-bond acceptors (Lipinski definition) is 5. The number of carbonyl (C=O) groups excluding carboxylic acids is 1. The molecule has 142 valence electrons. The van der Waals surface area contributed by atoms with Crippen molar-refractivity contribution >= 4 is 30.1 Å². The van der Waals surface area contributed by atoms with E-state index in [1.807, 2.05) is 33.8 Å². The van der Waals surface area contributed by atoms with Gasteiger partial charge in [-0.05, 0) is 57.1 Å². The third-order valence-electron chi connectivity index (χ3n) is 4.95. The first-order valence-corrected chi connectivity index (χ1v) is 10.0. The Bertz CT molecular complexity index is 636. The van der Waals surface area contributed by atoms with Crippen molar-refractivity contribution in [1.82, 2.24) is 0 Å². The van der Waals surface area contributed by atoms with Crippen LogP contribution in [0.4, 0.5) is 0 Å². The number of carbonyl (C=O) groups is 1. The van der Waals surface area contributed by atoms with Crippen LogP contribution in [0.5, 0.6) is 0 Å². The minimum Gasteiger partial charge on any atom is -0.400 e. The first-order valence-electron chi connectivity index (χ1n) is 9.04. The van der Waals surface area contributed by atoms with Crippen LogP contribution in [0.3, 0.4) is 0 Å². The summed E-state index contributed by atoms with van der Waals surface area (Å²) in [4.78, 5) is 11.4. The maximum Gasteiger partial charge on any atom is 0.491 e. The van der Waals surface area contributed by atoms with Crippen molar-refractivity contribution < 1.29 is 19.2 Å². The van der Waals surface area contributed by atoms with Crippen LogP contribution in [-0.2, 0) is 20.5 Å². The number of hydrogen-bond donors (Lipinski definition) is 1. The van der Waals surface area contributed by atoms with Crippen LogP contribution in [0.15, 0.2) is 29.7 Å². The Labute approximate surface area is 161 Å². The molecule has 1 heterocycles. The lowest BCUT2D eigenvalue weighted by atomic mass is 9.78. The summed E-state index contributed by atoms with van der Waals surface area (Å²) < 4.78 is 12.3. The fourth-order valence-electron chi connectivity index (χ4n) is 2.63. The molecule has 26 heavy (non-hydrogen) atoms. The van der Waals surface area contributed by atoms with Crippen molar-refractivity contribution in [2.24, 2.45) is 0 Å². The number of aliphatic hydroxyl groups excluding tert-OH is 1. The van der Waals surface area contributed by atoms with Crippen molar-refractivity contribution in [2.45, 2.75) is 58.7 Å². The van der Waals surface area contributed by atoms with Gasteiger partial charge in [0.1, 0.15) is 0 Å². The average molecular weight is 376 g/mol. The number of aliphatic hydroxyl groups is 1. The molecule has 1 aromatic rings. The quantitative estimate of drug-likeness (QED) is 0.732. The Hall–Kier alpha value is -1.08. The van der Waals surface area contributed by atoms with Gasteiger partial charge in [0.25, 0.3) is 0 Å². The van der Waals surface area contributed by atoms with E-state index in [9.17, 15) is 4.79 Å². The fraction of sp³-hybridized carbons (Fsp3) is 0.550. The van der Waals surface area contributed by atoms with Gasteiger partial charge in [-0.1, -0.05) is 42.1 Å². The Morgan fingerprint density at radius 1 is 1.15 bits per heavy atom.